The number of carbonyl (C=O) groups excluding carboxylic acids is 2. The first-order chi connectivity index (χ1) is 20.7. The minimum Gasteiger partial charge on any atom is -0.384 e. The molecule has 8 nitrogen and oxygen atoms in total. The zero-order chi connectivity index (χ0) is 31.9. The fourth-order valence-corrected chi connectivity index (χ4v) is 7.37. The molecule has 1 atom stereocenters. The van der Waals surface area contributed by atoms with Gasteiger partial charge in [-0.15, -0.1) is 0 Å². The Morgan fingerprint density at radius 3 is 2.25 bits per heavy atom. The molecule has 1 spiro atoms. The van der Waals surface area contributed by atoms with Crippen LogP contribution in [-0.4, -0.2) is 40.5 Å². The molecule has 2 fully saturated rings. The number of hydrazone groups is 1. The largest absolute Gasteiger partial charge is 0.384 e. The smallest absolute Gasteiger partial charge is 0.275 e. The maximum Gasteiger partial charge on any atom is 0.275 e. The molecule has 2 saturated carbocycles. The minimum atomic E-state index is -0.652. The molecule has 5 rings (SSSR count). The molecule has 1 aliphatic heterocycles. The molecule has 10 heteroatoms. The van der Waals surface area contributed by atoms with Crippen LogP contribution in [0.1, 0.15) is 107 Å². The van der Waals surface area contributed by atoms with E-state index in [0.717, 1.165) is 44.1 Å². The molecule has 2 amide bonds. The van der Waals surface area contributed by atoms with Gasteiger partial charge in [0.25, 0.3) is 11.8 Å². The predicted octanol–water partition coefficient (Wildman–Crippen LogP) is 6.84. The molecule has 1 heterocycles. The Labute approximate surface area is 270 Å². The molecular weight excluding hydrogens is 595 g/mol. The maximum atomic E-state index is 14.6. The second kappa shape index (κ2) is 12.4. The number of hydrogen-bond donors (Lipinski definition) is 3. The van der Waals surface area contributed by atoms with Crippen molar-refractivity contribution < 1.29 is 9.59 Å². The van der Waals surface area contributed by atoms with Crippen molar-refractivity contribution >= 4 is 46.6 Å². The van der Waals surface area contributed by atoms with Gasteiger partial charge in [0, 0.05) is 21.2 Å². The van der Waals surface area contributed by atoms with Gasteiger partial charge in [-0.05, 0) is 104 Å². The van der Waals surface area contributed by atoms with Crippen LogP contribution in [0.3, 0.4) is 0 Å². The fraction of sp³-hybridized carbons (Fsp3) is 0.529. The standard InChI is InChI=1S/C34H44Cl2N6O2/c1-32(2,3)12-11-27(21-5-7-22(8-6-21)30(43)39-20-28(37)41-38)42-31(44)29(23-17-25(35)19-26(36)18-23)40-34(42)13-9-24(10-14-34)33(4)15-16-33/h5-8,17-19,24,27H,9-16,20,38H2,1-4H3,(H2,37,41)(H,39,43)/t24?,27-,34?/m1/s1. The number of nitrogens with one attached hydrogen (secondary N) is 1. The van der Waals surface area contributed by atoms with Crippen molar-refractivity contribution in [2.24, 2.45) is 38.4 Å². The van der Waals surface area contributed by atoms with Gasteiger partial charge in [-0.25, -0.2) is 0 Å². The molecule has 0 saturated heterocycles. The molecule has 0 aromatic heterocycles. The lowest BCUT2D eigenvalue weighted by Crippen LogP contribution is -2.51. The third-order valence-corrected chi connectivity index (χ3v) is 10.2. The highest BCUT2D eigenvalue weighted by molar-refractivity contribution is 6.47. The lowest BCUT2D eigenvalue weighted by Gasteiger charge is -2.46. The Morgan fingerprint density at radius 2 is 1.70 bits per heavy atom. The van der Waals surface area contributed by atoms with Gasteiger partial charge in [0.05, 0.1) is 12.6 Å². The molecule has 2 aliphatic carbocycles. The molecule has 44 heavy (non-hydrogen) atoms. The van der Waals surface area contributed by atoms with Gasteiger partial charge >= 0.3 is 0 Å². The number of benzene rings is 2. The lowest BCUT2D eigenvalue weighted by molar-refractivity contribution is -0.133. The highest BCUT2D eigenvalue weighted by Crippen LogP contribution is 2.58. The molecule has 5 N–H and O–H groups in total. The van der Waals surface area contributed by atoms with E-state index in [0.29, 0.717) is 38.2 Å². The molecule has 0 bridgehead atoms. The number of amides is 2. The number of nitrogens with two attached hydrogens (primary N) is 2. The Kier molecular flexibility index (Phi) is 9.07. The van der Waals surface area contributed by atoms with Crippen molar-refractivity contribution in [3.63, 3.8) is 0 Å². The van der Waals surface area contributed by atoms with Crippen LogP contribution in [0.4, 0.5) is 0 Å². The van der Waals surface area contributed by atoms with Crippen molar-refractivity contribution in [3.8, 4) is 0 Å². The van der Waals surface area contributed by atoms with Crippen LogP contribution in [0.15, 0.2) is 52.6 Å². The van der Waals surface area contributed by atoms with Crippen LogP contribution in [0.5, 0.6) is 0 Å². The second-order valence-electron chi connectivity index (χ2n) is 14.2. The van der Waals surface area contributed by atoms with Gasteiger partial charge in [-0.1, -0.05) is 63.0 Å². The van der Waals surface area contributed by atoms with Gasteiger partial charge < -0.3 is 21.8 Å². The second-order valence-corrected chi connectivity index (χ2v) is 15.1. The normalized spacial score (nSPS) is 23.9. The summed E-state index contributed by atoms with van der Waals surface area (Å²) in [5, 5.41) is 7.07. The molecule has 0 unspecified atom stereocenters. The van der Waals surface area contributed by atoms with E-state index in [9.17, 15) is 9.59 Å². The van der Waals surface area contributed by atoms with Gasteiger partial charge in [0.2, 0.25) is 0 Å². The molecule has 236 valence electrons. The average Bonchev–Trinajstić information content (AvgIpc) is 3.67. The van der Waals surface area contributed by atoms with Crippen molar-refractivity contribution in [1.82, 2.24) is 10.2 Å². The number of amidine groups is 1. The number of carbonyl (C=O) groups is 2. The number of nitrogens with zero attached hydrogens (tertiary/aromatic N) is 3. The van der Waals surface area contributed by atoms with Crippen LogP contribution < -0.4 is 16.9 Å². The molecule has 2 aromatic carbocycles. The van der Waals surface area contributed by atoms with E-state index in [1.54, 1.807) is 30.3 Å². The Hall–Kier alpha value is -3.10. The van der Waals surface area contributed by atoms with Crippen LogP contribution >= 0.6 is 23.2 Å². The SMILES string of the molecule is CC(C)(C)CC[C@H](c1ccc(C(=O)NC/C(N)=N/N)cc1)N1C(=O)C(c2cc(Cl)cc(Cl)c2)=NC12CCC(C1(C)CC1)CC2. The van der Waals surface area contributed by atoms with E-state index in [1.807, 2.05) is 12.1 Å². The molecule has 0 radical (unpaired) electrons. The molecular formula is C34H44Cl2N6O2. The quantitative estimate of drug-likeness (QED) is 0.120. The van der Waals surface area contributed by atoms with Crippen molar-refractivity contribution in [3.05, 3.63) is 69.2 Å². The third-order valence-electron chi connectivity index (χ3n) is 9.77. The summed E-state index contributed by atoms with van der Waals surface area (Å²) >= 11 is 12.8. The minimum absolute atomic E-state index is 0.0564. The van der Waals surface area contributed by atoms with Crippen LogP contribution in [-0.2, 0) is 4.79 Å². The fourth-order valence-electron chi connectivity index (χ4n) is 6.85. The van der Waals surface area contributed by atoms with Crippen LogP contribution in [0.25, 0.3) is 0 Å². The van der Waals surface area contributed by atoms with Crippen LogP contribution in [0.2, 0.25) is 10.0 Å². The highest BCUT2D eigenvalue weighted by Gasteiger charge is 2.55. The summed E-state index contributed by atoms with van der Waals surface area (Å²) in [4.78, 5) is 34.7. The van der Waals surface area contributed by atoms with Gasteiger partial charge in [-0.2, -0.15) is 5.10 Å². The van der Waals surface area contributed by atoms with Crippen LogP contribution in [0, 0.1) is 16.7 Å². The van der Waals surface area contributed by atoms with E-state index in [2.05, 4.69) is 43.0 Å². The summed E-state index contributed by atoms with van der Waals surface area (Å²) in [5.74, 6) is 5.59. The third kappa shape index (κ3) is 6.91. The summed E-state index contributed by atoms with van der Waals surface area (Å²) < 4.78 is 0. The van der Waals surface area contributed by atoms with Crippen molar-refractivity contribution in [2.75, 3.05) is 6.54 Å². The van der Waals surface area contributed by atoms with Crippen molar-refractivity contribution in [1.29, 1.82) is 0 Å². The monoisotopic (exact) mass is 638 g/mol. The topological polar surface area (TPSA) is 126 Å². The zero-order valence-electron chi connectivity index (χ0n) is 26.1. The highest BCUT2D eigenvalue weighted by atomic mass is 35.5. The first-order valence-electron chi connectivity index (χ1n) is 15.5. The van der Waals surface area contributed by atoms with Crippen molar-refractivity contribution in [2.45, 2.75) is 90.8 Å². The van der Waals surface area contributed by atoms with E-state index in [-0.39, 0.29) is 35.7 Å². The van der Waals surface area contributed by atoms with E-state index >= 15 is 0 Å². The van der Waals surface area contributed by atoms with Gasteiger partial charge in [0.15, 0.2) is 0 Å². The van der Waals surface area contributed by atoms with E-state index in [1.165, 1.54) is 12.8 Å². The van der Waals surface area contributed by atoms with E-state index in [4.69, 9.17) is 39.8 Å². The Balaban J connectivity index is 1.52. The predicted molar refractivity (Wildman–Crippen MR) is 178 cm³/mol. The summed E-state index contributed by atoms with van der Waals surface area (Å²) in [6, 6.07) is 12.5. The molecule has 3 aliphatic rings. The zero-order valence-corrected chi connectivity index (χ0v) is 27.6. The summed E-state index contributed by atoms with van der Waals surface area (Å²) in [7, 11) is 0. The Bertz CT molecular complexity index is 1450. The number of hydrogen-bond acceptors (Lipinski definition) is 5. The number of aliphatic imine (C=N–C) groups is 1. The molecule has 2 aromatic rings. The first kappa shape index (κ1) is 32.3. The summed E-state index contributed by atoms with van der Waals surface area (Å²) in [6.07, 6.45) is 7.91. The van der Waals surface area contributed by atoms with Gasteiger partial charge in [0.1, 0.15) is 17.2 Å². The summed E-state index contributed by atoms with van der Waals surface area (Å²) in [6.45, 7) is 9.10. The number of halogens is 2. The Morgan fingerprint density at radius 1 is 1.09 bits per heavy atom. The average molecular weight is 640 g/mol. The first-order valence-corrected chi connectivity index (χ1v) is 16.3. The lowest BCUT2D eigenvalue weighted by atomic mass is 9.73. The number of rotatable bonds is 9. The van der Waals surface area contributed by atoms with Gasteiger partial charge in [-0.3, -0.25) is 14.6 Å². The van der Waals surface area contributed by atoms with E-state index < -0.39 is 5.66 Å². The summed E-state index contributed by atoms with van der Waals surface area (Å²) in [5.41, 5.74) is 7.98. The maximum absolute atomic E-state index is 14.6.